The van der Waals surface area contributed by atoms with Crippen molar-refractivity contribution in [2.75, 3.05) is 6.61 Å². The topological polar surface area (TPSA) is 57.6 Å². The van der Waals surface area contributed by atoms with Crippen LogP contribution in [0.2, 0.25) is 0 Å². The molecule has 0 spiro atoms. The second-order valence-electron chi connectivity index (χ2n) is 4.74. The van der Waals surface area contributed by atoms with E-state index in [1.165, 1.54) is 3.33 Å². The van der Waals surface area contributed by atoms with E-state index in [0.29, 0.717) is 17.7 Å². The van der Waals surface area contributed by atoms with E-state index in [-0.39, 0.29) is 18.6 Å². The molecule has 0 aromatic heterocycles. The first-order chi connectivity index (χ1) is 8.45. The van der Waals surface area contributed by atoms with Crippen LogP contribution in [-0.4, -0.2) is 29.5 Å². The van der Waals surface area contributed by atoms with E-state index in [4.69, 9.17) is 5.11 Å². The van der Waals surface area contributed by atoms with Crippen molar-refractivity contribution >= 4 is 26.2 Å². The highest BCUT2D eigenvalue weighted by molar-refractivity contribution is 9.08. The van der Waals surface area contributed by atoms with E-state index in [1.807, 2.05) is 13.0 Å². The molecule has 100 valence electrons. The smallest absolute Gasteiger partial charge is 0.252 e. The van der Waals surface area contributed by atoms with Gasteiger partial charge in [0.25, 0.3) is 10.0 Å². The molecule has 1 aliphatic rings. The van der Waals surface area contributed by atoms with Crippen LogP contribution in [0, 0.1) is 12.8 Å². The molecule has 1 aliphatic carbocycles. The summed E-state index contributed by atoms with van der Waals surface area (Å²) in [7, 11) is -3.48. The van der Waals surface area contributed by atoms with Crippen LogP contribution in [0.3, 0.4) is 0 Å². The van der Waals surface area contributed by atoms with Gasteiger partial charge in [-0.1, -0.05) is 12.1 Å². The van der Waals surface area contributed by atoms with E-state index < -0.39 is 10.0 Å². The molecule has 1 aromatic carbocycles. The highest BCUT2D eigenvalue weighted by Gasteiger charge is 2.38. The minimum Gasteiger partial charge on any atom is -0.396 e. The molecule has 2 rings (SSSR count). The molecule has 0 radical (unpaired) electrons. The third kappa shape index (κ3) is 2.61. The van der Waals surface area contributed by atoms with Crippen molar-refractivity contribution < 1.29 is 13.5 Å². The zero-order chi connectivity index (χ0) is 13.3. The molecule has 6 heteroatoms. The SMILES string of the molecule is Cc1cccc(S(=O)(=O)N(Br)C2CC(CO)C2)c1. The van der Waals surface area contributed by atoms with Crippen molar-refractivity contribution in [3.05, 3.63) is 29.8 Å². The number of hydrogen-bond donors (Lipinski definition) is 1. The van der Waals surface area contributed by atoms with Gasteiger partial charge in [0.05, 0.1) is 4.90 Å². The molecule has 0 saturated heterocycles. The lowest BCUT2D eigenvalue weighted by Gasteiger charge is -2.38. The second-order valence-corrected chi connectivity index (χ2v) is 7.79. The minimum absolute atomic E-state index is 0.0623. The van der Waals surface area contributed by atoms with E-state index in [2.05, 4.69) is 16.1 Å². The Labute approximate surface area is 116 Å². The first-order valence-corrected chi connectivity index (χ1v) is 7.98. The fraction of sp³-hybridized carbons (Fsp3) is 0.500. The van der Waals surface area contributed by atoms with Crippen LogP contribution >= 0.6 is 16.1 Å². The van der Waals surface area contributed by atoms with Crippen LogP contribution < -0.4 is 0 Å². The summed E-state index contributed by atoms with van der Waals surface area (Å²) in [6.45, 7) is 1.99. The third-order valence-electron chi connectivity index (χ3n) is 3.27. The van der Waals surface area contributed by atoms with E-state index in [0.717, 1.165) is 5.56 Å². The molecule has 4 nitrogen and oxygen atoms in total. The molecule has 0 unspecified atom stereocenters. The zero-order valence-corrected chi connectivity index (χ0v) is 12.5. The number of aliphatic hydroxyl groups is 1. The average molecular weight is 334 g/mol. The number of sulfonamides is 1. The summed E-state index contributed by atoms with van der Waals surface area (Å²) in [6, 6.07) is 6.79. The number of aryl methyl sites for hydroxylation is 1. The Morgan fingerprint density at radius 1 is 1.44 bits per heavy atom. The molecular formula is C12H16BrNO3S. The van der Waals surface area contributed by atoms with Gasteiger partial charge < -0.3 is 5.11 Å². The standard InChI is InChI=1S/C12H16BrNO3S/c1-9-3-2-4-12(5-9)18(16,17)14(13)11-6-10(7-11)8-15/h2-5,10-11,15H,6-8H2,1H3. The summed E-state index contributed by atoms with van der Waals surface area (Å²) in [4.78, 5) is 0.298. The minimum atomic E-state index is -3.48. The maximum atomic E-state index is 12.3. The van der Waals surface area contributed by atoms with Gasteiger partial charge in [0.15, 0.2) is 0 Å². The quantitative estimate of drug-likeness (QED) is 0.858. The lowest BCUT2D eigenvalue weighted by molar-refractivity contribution is 0.118. The van der Waals surface area contributed by atoms with Gasteiger partial charge in [-0.25, -0.2) is 8.42 Å². The number of hydrogen-bond acceptors (Lipinski definition) is 3. The molecular weight excluding hydrogens is 318 g/mol. The maximum Gasteiger partial charge on any atom is 0.252 e. The first kappa shape index (κ1) is 14.0. The van der Waals surface area contributed by atoms with Gasteiger partial charge >= 0.3 is 0 Å². The lowest BCUT2D eigenvalue weighted by Crippen LogP contribution is -2.43. The number of benzene rings is 1. The van der Waals surface area contributed by atoms with Crippen molar-refractivity contribution in [1.82, 2.24) is 3.33 Å². The van der Waals surface area contributed by atoms with Gasteiger partial charge in [0.2, 0.25) is 0 Å². The number of rotatable bonds is 4. The molecule has 1 N–H and O–H groups in total. The normalized spacial score (nSPS) is 24.0. The van der Waals surface area contributed by atoms with Crippen LogP contribution in [0.1, 0.15) is 18.4 Å². The number of nitrogens with zero attached hydrogens (tertiary/aromatic N) is 1. The van der Waals surface area contributed by atoms with Crippen molar-refractivity contribution in [3.8, 4) is 0 Å². The molecule has 0 amide bonds. The Morgan fingerprint density at radius 2 is 2.11 bits per heavy atom. The lowest BCUT2D eigenvalue weighted by atomic mass is 9.82. The summed E-state index contributed by atoms with van der Waals surface area (Å²) >= 11 is 3.16. The van der Waals surface area contributed by atoms with Crippen LogP contribution in [0.4, 0.5) is 0 Å². The Hall–Kier alpha value is -0.430. The average Bonchev–Trinajstić information content (AvgIpc) is 2.27. The van der Waals surface area contributed by atoms with E-state index >= 15 is 0 Å². The van der Waals surface area contributed by atoms with Gasteiger partial charge in [-0.2, -0.15) is 0 Å². The molecule has 0 aliphatic heterocycles. The molecule has 18 heavy (non-hydrogen) atoms. The molecule has 1 saturated carbocycles. The fourth-order valence-corrected chi connectivity index (χ4v) is 4.28. The van der Waals surface area contributed by atoms with Crippen LogP contribution in [0.5, 0.6) is 0 Å². The van der Waals surface area contributed by atoms with Gasteiger partial charge in [-0.15, -0.1) is 3.33 Å². The summed E-state index contributed by atoms with van der Waals surface area (Å²) < 4.78 is 25.9. The summed E-state index contributed by atoms with van der Waals surface area (Å²) in [6.07, 6.45) is 1.40. The maximum absolute atomic E-state index is 12.3. The summed E-state index contributed by atoms with van der Waals surface area (Å²) in [5.74, 6) is 0.225. The van der Waals surface area contributed by atoms with Crippen LogP contribution in [0.25, 0.3) is 0 Å². The summed E-state index contributed by atoms with van der Waals surface area (Å²) in [5, 5.41) is 8.96. The largest absolute Gasteiger partial charge is 0.396 e. The van der Waals surface area contributed by atoms with E-state index in [1.54, 1.807) is 18.2 Å². The van der Waals surface area contributed by atoms with Crippen LogP contribution in [0.15, 0.2) is 29.2 Å². The van der Waals surface area contributed by atoms with Gasteiger partial charge in [-0.05, 0) is 43.4 Å². The molecule has 0 bridgehead atoms. The molecule has 0 atom stereocenters. The van der Waals surface area contributed by atoms with Crippen molar-refractivity contribution in [3.63, 3.8) is 0 Å². The van der Waals surface area contributed by atoms with Gasteiger partial charge in [0, 0.05) is 28.8 Å². The second kappa shape index (κ2) is 5.28. The first-order valence-electron chi connectivity index (χ1n) is 5.83. The van der Waals surface area contributed by atoms with Crippen LogP contribution in [-0.2, 0) is 10.0 Å². The molecule has 0 heterocycles. The third-order valence-corrected chi connectivity index (χ3v) is 6.60. The number of halogens is 1. The summed E-state index contributed by atoms with van der Waals surface area (Å²) in [5.41, 5.74) is 0.916. The van der Waals surface area contributed by atoms with E-state index in [9.17, 15) is 8.42 Å². The Morgan fingerprint density at radius 3 is 2.67 bits per heavy atom. The van der Waals surface area contributed by atoms with Gasteiger partial charge in [-0.3, -0.25) is 0 Å². The highest BCUT2D eigenvalue weighted by atomic mass is 79.9. The van der Waals surface area contributed by atoms with Crippen molar-refractivity contribution in [1.29, 1.82) is 0 Å². The van der Waals surface area contributed by atoms with Crippen molar-refractivity contribution in [2.24, 2.45) is 5.92 Å². The fourth-order valence-electron chi connectivity index (χ4n) is 2.09. The Kier molecular flexibility index (Phi) is 4.11. The zero-order valence-electron chi connectivity index (χ0n) is 10.1. The Bertz CT molecular complexity index is 526. The number of aliphatic hydroxyl groups excluding tert-OH is 1. The monoisotopic (exact) mass is 333 g/mol. The Balaban J connectivity index is 2.16. The van der Waals surface area contributed by atoms with Gasteiger partial charge in [0.1, 0.15) is 0 Å². The molecule has 1 aromatic rings. The highest BCUT2D eigenvalue weighted by Crippen LogP contribution is 2.36. The molecule has 1 fully saturated rings. The predicted octanol–water partition coefficient (Wildman–Crippen LogP) is 2.07. The van der Waals surface area contributed by atoms with Crippen molar-refractivity contribution in [2.45, 2.75) is 30.7 Å². The predicted molar refractivity (Wildman–Crippen MR) is 72.7 cm³/mol.